The van der Waals surface area contributed by atoms with Crippen molar-refractivity contribution in [3.63, 3.8) is 0 Å². The Morgan fingerprint density at radius 1 is 0.913 bits per heavy atom. The van der Waals surface area contributed by atoms with Crippen LogP contribution in [0.4, 0.5) is 52.2 Å². The Kier molecular flexibility index (Phi) is 9.84. The summed E-state index contributed by atoms with van der Waals surface area (Å²) < 4.78 is 108. The molecule has 3 atom stereocenters. The molecular formula is C28H18Cl3F8N3O4. The van der Waals surface area contributed by atoms with Crippen molar-refractivity contribution < 1.29 is 54.2 Å². The summed E-state index contributed by atoms with van der Waals surface area (Å²) in [5, 5.41) is 5.93. The monoisotopic (exact) mass is 717 g/mol. The van der Waals surface area contributed by atoms with E-state index in [2.05, 4.69) is 15.4 Å². The number of nitrogens with one attached hydrogen (secondary N) is 3. The molecule has 3 aromatic carbocycles. The molecule has 246 valence electrons. The van der Waals surface area contributed by atoms with Crippen molar-refractivity contribution in [3.8, 4) is 0 Å². The van der Waals surface area contributed by atoms with Crippen LogP contribution in [0, 0.1) is 17.6 Å². The number of alkyl halides is 8. The topological polar surface area (TPSA) is 96.5 Å². The maximum absolute atomic E-state index is 15.0. The molecule has 0 aliphatic heterocycles. The van der Waals surface area contributed by atoms with E-state index in [0.29, 0.717) is 13.0 Å². The summed E-state index contributed by atoms with van der Waals surface area (Å²) in [4.78, 5) is 38.0. The second-order valence-corrected chi connectivity index (χ2v) is 11.7. The highest BCUT2D eigenvalue weighted by molar-refractivity contribution is 6.53. The second kappa shape index (κ2) is 12.9. The van der Waals surface area contributed by atoms with Gasteiger partial charge in [0.1, 0.15) is 21.9 Å². The standard InChI is InChI=1S/C28H18Cl3F8N3O4/c1-11(46-28(37,38)39)23(43)42-22-17(32)7-8-18(21(22)33)41-24(44)15-10-14(5-6-16(15)29)40-25(45)20-19(26(20,30)31)12-3-2-4-13(9-12)27(34,35)36/h2-11,19-20H,1H3,(H,40,45)(H,41,44)(H,42,43)/t11?,19-,20+/m0/s1. The van der Waals surface area contributed by atoms with E-state index in [-0.39, 0.29) is 21.8 Å². The molecule has 0 aromatic heterocycles. The normalized spacial score (nSPS) is 18.0. The van der Waals surface area contributed by atoms with Crippen LogP contribution in [0.3, 0.4) is 0 Å². The molecule has 0 bridgehead atoms. The molecule has 1 aliphatic carbocycles. The summed E-state index contributed by atoms with van der Waals surface area (Å²) in [7, 11) is 0. The van der Waals surface area contributed by atoms with Gasteiger partial charge in [0.2, 0.25) is 5.91 Å². The van der Waals surface area contributed by atoms with Crippen molar-refractivity contribution in [2.24, 2.45) is 5.92 Å². The first-order chi connectivity index (χ1) is 21.2. The lowest BCUT2D eigenvalue weighted by Crippen LogP contribution is -2.33. The number of ether oxygens (including phenoxy) is 1. The smallest absolute Gasteiger partial charge is 0.326 e. The van der Waals surface area contributed by atoms with Crippen LogP contribution in [0.5, 0.6) is 0 Å². The van der Waals surface area contributed by atoms with Gasteiger partial charge >= 0.3 is 12.5 Å². The van der Waals surface area contributed by atoms with Gasteiger partial charge in [0, 0.05) is 11.6 Å². The molecule has 1 fully saturated rings. The minimum absolute atomic E-state index is 0.0513. The van der Waals surface area contributed by atoms with Gasteiger partial charge in [0.15, 0.2) is 5.82 Å². The van der Waals surface area contributed by atoms with E-state index >= 15 is 4.39 Å². The van der Waals surface area contributed by atoms with Crippen LogP contribution in [0.25, 0.3) is 0 Å². The van der Waals surface area contributed by atoms with Crippen molar-refractivity contribution in [3.05, 3.63) is 87.9 Å². The molecule has 3 N–H and O–H groups in total. The number of hydrogen-bond donors (Lipinski definition) is 3. The molecule has 0 spiro atoms. The number of benzene rings is 3. The highest BCUT2D eigenvalue weighted by Gasteiger charge is 2.67. The Labute approximate surface area is 269 Å². The average molecular weight is 719 g/mol. The number of carbonyl (C=O) groups is 3. The number of halogens is 11. The van der Waals surface area contributed by atoms with Gasteiger partial charge in [-0.2, -0.15) is 13.2 Å². The zero-order valence-corrected chi connectivity index (χ0v) is 25.0. The summed E-state index contributed by atoms with van der Waals surface area (Å²) >= 11 is 18.6. The lowest BCUT2D eigenvalue weighted by atomic mass is 10.1. The highest BCUT2D eigenvalue weighted by atomic mass is 35.5. The fourth-order valence-corrected chi connectivity index (χ4v) is 5.44. The van der Waals surface area contributed by atoms with Crippen molar-refractivity contribution in [1.29, 1.82) is 0 Å². The highest BCUT2D eigenvalue weighted by Crippen LogP contribution is 2.65. The van der Waals surface area contributed by atoms with Crippen LogP contribution >= 0.6 is 34.8 Å². The fourth-order valence-electron chi connectivity index (χ4n) is 4.41. The predicted octanol–water partition coefficient (Wildman–Crippen LogP) is 8.28. The Morgan fingerprint density at radius 3 is 2.22 bits per heavy atom. The first-order valence-electron chi connectivity index (χ1n) is 12.7. The van der Waals surface area contributed by atoms with E-state index in [1.165, 1.54) is 18.2 Å². The van der Waals surface area contributed by atoms with E-state index in [0.717, 1.165) is 30.3 Å². The largest absolute Gasteiger partial charge is 0.523 e. The molecule has 1 saturated carbocycles. The maximum atomic E-state index is 15.0. The molecule has 18 heteroatoms. The number of amides is 3. The predicted molar refractivity (Wildman–Crippen MR) is 152 cm³/mol. The summed E-state index contributed by atoms with van der Waals surface area (Å²) in [6, 6.07) is 9.01. The molecule has 0 radical (unpaired) electrons. The number of rotatable bonds is 8. The van der Waals surface area contributed by atoms with Crippen LogP contribution < -0.4 is 16.0 Å². The molecule has 4 rings (SSSR count). The fraction of sp³-hybridized carbons (Fsp3) is 0.250. The van der Waals surface area contributed by atoms with E-state index in [1.807, 2.05) is 0 Å². The van der Waals surface area contributed by atoms with Crippen molar-refractivity contribution in [2.75, 3.05) is 16.0 Å². The van der Waals surface area contributed by atoms with E-state index < -0.39 is 81.1 Å². The summed E-state index contributed by atoms with van der Waals surface area (Å²) in [6.45, 7) is 0.688. The van der Waals surface area contributed by atoms with Gasteiger partial charge in [0.25, 0.3) is 11.8 Å². The van der Waals surface area contributed by atoms with Gasteiger partial charge in [-0.1, -0.05) is 29.8 Å². The second-order valence-electron chi connectivity index (χ2n) is 9.87. The number of hydrogen-bond acceptors (Lipinski definition) is 4. The third kappa shape index (κ3) is 7.82. The van der Waals surface area contributed by atoms with Crippen molar-refractivity contribution >= 4 is 69.6 Å². The minimum atomic E-state index is -5.21. The molecule has 46 heavy (non-hydrogen) atoms. The quantitative estimate of drug-likeness (QED) is 0.161. The summed E-state index contributed by atoms with van der Waals surface area (Å²) in [5.74, 6) is -8.61. The summed E-state index contributed by atoms with van der Waals surface area (Å²) in [6.07, 6.45) is -12.1. The van der Waals surface area contributed by atoms with Gasteiger partial charge in [0.05, 0.1) is 27.8 Å². The average Bonchev–Trinajstić information content (AvgIpc) is 3.53. The molecule has 3 amide bonds. The molecule has 0 saturated heterocycles. The van der Waals surface area contributed by atoms with Gasteiger partial charge in [-0.05, 0) is 48.9 Å². The number of carbonyl (C=O) groups excluding carboxylic acids is 3. The van der Waals surface area contributed by atoms with Gasteiger partial charge < -0.3 is 16.0 Å². The van der Waals surface area contributed by atoms with Crippen LogP contribution in [0.2, 0.25) is 5.02 Å². The van der Waals surface area contributed by atoms with Gasteiger partial charge in [-0.25, -0.2) is 8.78 Å². The third-order valence-electron chi connectivity index (χ3n) is 6.65. The molecule has 7 nitrogen and oxygen atoms in total. The van der Waals surface area contributed by atoms with Crippen LogP contribution in [0.15, 0.2) is 54.6 Å². The number of anilines is 3. The van der Waals surface area contributed by atoms with E-state index in [4.69, 9.17) is 34.8 Å². The van der Waals surface area contributed by atoms with Crippen LogP contribution in [-0.2, 0) is 20.5 Å². The molecule has 1 aliphatic rings. The molecule has 3 aromatic rings. The third-order valence-corrected chi connectivity index (χ3v) is 7.92. The molecule has 0 heterocycles. The van der Waals surface area contributed by atoms with Crippen LogP contribution in [-0.4, -0.2) is 34.5 Å². The zero-order chi connectivity index (χ0) is 34.4. The maximum Gasteiger partial charge on any atom is 0.523 e. The van der Waals surface area contributed by atoms with Gasteiger partial charge in [-0.15, -0.1) is 36.4 Å². The Balaban J connectivity index is 1.49. The first kappa shape index (κ1) is 35.2. The van der Waals surface area contributed by atoms with E-state index in [9.17, 15) is 45.1 Å². The minimum Gasteiger partial charge on any atom is -0.326 e. The van der Waals surface area contributed by atoms with Crippen molar-refractivity contribution in [1.82, 2.24) is 0 Å². The zero-order valence-electron chi connectivity index (χ0n) is 22.7. The van der Waals surface area contributed by atoms with E-state index in [1.54, 1.807) is 5.32 Å². The SMILES string of the molecule is CC(OC(F)(F)F)C(=O)Nc1c(F)ccc(NC(=O)c2cc(NC(=O)[C@H]3[C@H](c4cccc(C(F)(F)F)c4)C3(Cl)Cl)ccc2Cl)c1F. The lowest BCUT2D eigenvalue weighted by Gasteiger charge is -2.17. The summed E-state index contributed by atoms with van der Waals surface area (Å²) in [5.41, 5.74) is -3.20. The van der Waals surface area contributed by atoms with Gasteiger partial charge in [-0.3, -0.25) is 19.1 Å². The molecular weight excluding hydrogens is 701 g/mol. The Morgan fingerprint density at radius 2 is 1.59 bits per heavy atom. The van der Waals surface area contributed by atoms with Crippen LogP contribution in [0.1, 0.15) is 34.3 Å². The molecule has 1 unspecified atom stereocenters. The van der Waals surface area contributed by atoms with Crippen molar-refractivity contribution in [2.45, 2.75) is 35.8 Å². The Hall–Kier alpha value is -3.66. The lowest BCUT2D eigenvalue weighted by molar-refractivity contribution is -0.335. The first-order valence-corrected chi connectivity index (χ1v) is 13.8. The Bertz CT molecular complexity index is 1700.